The second-order valence-corrected chi connectivity index (χ2v) is 4.86. The van der Waals surface area contributed by atoms with Crippen LogP contribution in [0.3, 0.4) is 0 Å². The average molecular weight is 256 g/mol. The molecule has 0 radical (unpaired) electrons. The first-order chi connectivity index (χ1) is 8.65. The molecule has 0 spiro atoms. The van der Waals surface area contributed by atoms with Gasteiger partial charge in [-0.25, -0.2) is 0 Å². The number of hydrogen-bond donors (Lipinski definition) is 2. The summed E-state index contributed by atoms with van der Waals surface area (Å²) in [5.74, 6) is 0.153. The standard InChI is InChI=1S/C13H24N2O3/c1-11(17)14-8-4-2-3-7-13(18)15-9-5-6-12(15)10-16/h12,16H,2-10H2,1H3,(H,14,17)/t12-/m0/s1. The van der Waals surface area contributed by atoms with Crippen LogP contribution in [0.4, 0.5) is 0 Å². The van der Waals surface area contributed by atoms with Crippen LogP contribution >= 0.6 is 0 Å². The zero-order valence-electron chi connectivity index (χ0n) is 11.2. The summed E-state index contributed by atoms with van der Waals surface area (Å²) in [5.41, 5.74) is 0. The molecule has 0 aromatic heterocycles. The van der Waals surface area contributed by atoms with E-state index in [-0.39, 0.29) is 24.5 Å². The van der Waals surface area contributed by atoms with E-state index in [0.717, 1.165) is 38.6 Å². The van der Waals surface area contributed by atoms with E-state index in [4.69, 9.17) is 5.11 Å². The molecule has 2 amide bonds. The van der Waals surface area contributed by atoms with Crippen LogP contribution < -0.4 is 5.32 Å². The Kier molecular flexibility index (Phi) is 6.72. The molecule has 1 aliphatic heterocycles. The summed E-state index contributed by atoms with van der Waals surface area (Å²) in [7, 11) is 0. The lowest BCUT2D eigenvalue weighted by atomic mass is 10.1. The quantitative estimate of drug-likeness (QED) is 0.658. The van der Waals surface area contributed by atoms with Gasteiger partial charge in [0.05, 0.1) is 12.6 Å². The number of nitrogens with zero attached hydrogens (tertiary/aromatic N) is 1. The van der Waals surface area contributed by atoms with Gasteiger partial charge in [-0.1, -0.05) is 6.42 Å². The van der Waals surface area contributed by atoms with Gasteiger partial charge >= 0.3 is 0 Å². The summed E-state index contributed by atoms with van der Waals surface area (Å²) in [6.07, 6.45) is 5.19. The molecule has 1 saturated heterocycles. The first-order valence-corrected chi connectivity index (χ1v) is 6.80. The van der Waals surface area contributed by atoms with Gasteiger partial charge in [0.2, 0.25) is 11.8 Å². The number of carbonyl (C=O) groups excluding carboxylic acids is 2. The van der Waals surface area contributed by atoms with Crippen LogP contribution in [-0.2, 0) is 9.59 Å². The molecule has 0 bridgehead atoms. The fraction of sp³-hybridized carbons (Fsp3) is 0.846. The molecule has 2 N–H and O–H groups in total. The molecule has 5 heteroatoms. The van der Waals surface area contributed by atoms with Crippen molar-refractivity contribution in [2.75, 3.05) is 19.7 Å². The van der Waals surface area contributed by atoms with Crippen LogP contribution in [-0.4, -0.2) is 47.6 Å². The second-order valence-electron chi connectivity index (χ2n) is 4.86. The van der Waals surface area contributed by atoms with E-state index < -0.39 is 0 Å². The molecule has 1 fully saturated rings. The van der Waals surface area contributed by atoms with Gasteiger partial charge in [-0.15, -0.1) is 0 Å². The van der Waals surface area contributed by atoms with Crippen molar-refractivity contribution in [3.05, 3.63) is 0 Å². The molecular formula is C13H24N2O3. The van der Waals surface area contributed by atoms with Crippen LogP contribution in [0.25, 0.3) is 0 Å². The van der Waals surface area contributed by atoms with Crippen LogP contribution in [0.1, 0.15) is 45.4 Å². The molecule has 0 unspecified atom stereocenters. The largest absolute Gasteiger partial charge is 0.394 e. The number of likely N-dealkylation sites (tertiary alicyclic amines) is 1. The van der Waals surface area contributed by atoms with Crippen molar-refractivity contribution in [1.82, 2.24) is 10.2 Å². The Morgan fingerprint density at radius 2 is 2.11 bits per heavy atom. The number of aliphatic hydroxyl groups excluding tert-OH is 1. The van der Waals surface area contributed by atoms with E-state index in [2.05, 4.69) is 5.32 Å². The lowest BCUT2D eigenvalue weighted by Crippen LogP contribution is -2.37. The highest BCUT2D eigenvalue weighted by molar-refractivity contribution is 5.76. The Labute approximate surface area is 109 Å². The first-order valence-electron chi connectivity index (χ1n) is 6.80. The topological polar surface area (TPSA) is 69.6 Å². The van der Waals surface area contributed by atoms with Crippen molar-refractivity contribution in [3.63, 3.8) is 0 Å². The van der Waals surface area contributed by atoms with Gasteiger partial charge in [0.25, 0.3) is 0 Å². The number of hydrogen-bond acceptors (Lipinski definition) is 3. The summed E-state index contributed by atoms with van der Waals surface area (Å²) in [6.45, 7) is 3.06. The Balaban J connectivity index is 2.08. The zero-order chi connectivity index (χ0) is 13.4. The molecule has 0 aliphatic carbocycles. The Hall–Kier alpha value is -1.10. The van der Waals surface area contributed by atoms with Crippen molar-refractivity contribution >= 4 is 11.8 Å². The molecule has 104 valence electrons. The number of aliphatic hydroxyl groups is 1. The Bertz CT molecular complexity index is 281. The van der Waals surface area contributed by atoms with Gasteiger partial charge in [0.1, 0.15) is 0 Å². The summed E-state index contributed by atoms with van der Waals surface area (Å²) in [6, 6.07) is 0.0388. The number of nitrogens with one attached hydrogen (secondary N) is 1. The van der Waals surface area contributed by atoms with E-state index in [1.807, 2.05) is 4.90 Å². The monoisotopic (exact) mass is 256 g/mol. The molecule has 0 aromatic carbocycles. The average Bonchev–Trinajstić information content (AvgIpc) is 2.81. The first kappa shape index (κ1) is 15.0. The predicted molar refractivity (Wildman–Crippen MR) is 69.0 cm³/mol. The smallest absolute Gasteiger partial charge is 0.222 e. The molecule has 1 atom stereocenters. The fourth-order valence-electron chi connectivity index (χ4n) is 2.34. The molecule has 18 heavy (non-hydrogen) atoms. The Morgan fingerprint density at radius 1 is 1.33 bits per heavy atom. The maximum Gasteiger partial charge on any atom is 0.222 e. The molecule has 1 rings (SSSR count). The third kappa shape index (κ3) is 5.04. The summed E-state index contributed by atoms with van der Waals surface area (Å²) < 4.78 is 0. The Morgan fingerprint density at radius 3 is 2.78 bits per heavy atom. The normalized spacial score (nSPS) is 19.0. The van der Waals surface area contributed by atoms with Crippen molar-refractivity contribution in [2.45, 2.75) is 51.5 Å². The highest BCUT2D eigenvalue weighted by Crippen LogP contribution is 2.18. The minimum Gasteiger partial charge on any atom is -0.394 e. The number of unbranched alkanes of at least 4 members (excludes halogenated alkanes) is 2. The van der Waals surface area contributed by atoms with Gasteiger partial charge < -0.3 is 15.3 Å². The lowest BCUT2D eigenvalue weighted by Gasteiger charge is -2.22. The molecule has 0 saturated carbocycles. The lowest BCUT2D eigenvalue weighted by molar-refractivity contribution is -0.132. The number of rotatable bonds is 7. The van der Waals surface area contributed by atoms with Crippen LogP contribution in [0.5, 0.6) is 0 Å². The highest BCUT2D eigenvalue weighted by Gasteiger charge is 2.27. The number of amides is 2. The van der Waals surface area contributed by atoms with Gasteiger partial charge in [0, 0.05) is 26.4 Å². The van der Waals surface area contributed by atoms with Crippen LogP contribution in [0, 0.1) is 0 Å². The molecule has 1 heterocycles. The van der Waals surface area contributed by atoms with Crippen molar-refractivity contribution in [2.24, 2.45) is 0 Å². The SMILES string of the molecule is CC(=O)NCCCCCC(=O)N1CCC[C@H]1CO. The number of carbonyl (C=O) groups is 2. The van der Waals surface area contributed by atoms with Crippen molar-refractivity contribution in [3.8, 4) is 0 Å². The summed E-state index contributed by atoms with van der Waals surface area (Å²) in [5, 5.41) is 11.9. The van der Waals surface area contributed by atoms with Gasteiger partial charge in [-0.05, 0) is 25.7 Å². The minimum absolute atomic E-state index is 0.00562. The minimum atomic E-state index is -0.00562. The molecular weight excluding hydrogens is 232 g/mol. The van der Waals surface area contributed by atoms with Crippen molar-refractivity contribution in [1.29, 1.82) is 0 Å². The maximum absolute atomic E-state index is 11.9. The highest BCUT2D eigenvalue weighted by atomic mass is 16.3. The van der Waals surface area contributed by atoms with Gasteiger partial charge in [-0.2, -0.15) is 0 Å². The third-order valence-electron chi connectivity index (χ3n) is 3.35. The van der Waals surface area contributed by atoms with E-state index in [1.165, 1.54) is 6.92 Å². The fourth-order valence-corrected chi connectivity index (χ4v) is 2.34. The predicted octanol–water partition coefficient (Wildman–Crippen LogP) is 0.666. The van der Waals surface area contributed by atoms with E-state index in [0.29, 0.717) is 13.0 Å². The maximum atomic E-state index is 11.9. The zero-order valence-corrected chi connectivity index (χ0v) is 11.2. The third-order valence-corrected chi connectivity index (χ3v) is 3.35. The van der Waals surface area contributed by atoms with Crippen LogP contribution in [0.15, 0.2) is 0 Å². The summed E-state index contributed by atoms with van der Waals surface area (Å²) in [4.78, 5) is 24.3. The van der Waals surface area contributed by atoms with E-state index in [9.17, 15) is 9.59 Å². The van der Waals surface area contributed by atoms with Crippen LogP contribution in [0.2, 0.25) is 0 Å². The van der Waals surface area contributed by atoms with E-state index in [1.54, 1.807) is 0 Å². The summed E-state index contributed by atoms with van der Waals surface area (Å²) >= 11 is 0. The van der Waals surface area contributed by atoms with Crippen molar-refractivity contribution < 1.29 is 14.7 Å². The molecule has 5 nitrogen and oxygen atoms in total. The van der Waals surface area contributed by atoms with Gasteiger partial charge in [0.15, 0.2) is 0 Å². The second kappa shape index (κ2) is 8.08. The molecule has 0 aromatic rings. The van der Waals surface area contributed by atoms with E-state index >= 15 is 0 Å². The van der Waals surface area contributed by atoms with Gasteiger partial charge in [-0.3, -0.25) is 9.59 Å². The molecule has 1 aliphatic rings.